The number of benzene rings is 2. The van der Waals surface area contributed by atoms with Crippen LogP contribution in [0, 0.1) is 0 Å². The first-order valence-electron chi connectivity index (χ1n) is 16.0. The van der Waals surface area contributed by atoms with Gasteiger partial charge in [0.25, 0.3) is 12.4 Å². The molecular weight excluding hydrogens is 673 g/mol. The maximum absolute atomic E-state index is 13.6. The normalized spacial score (nSPS) is 14.1. The summed E-state index contributed by atoms with van der Waals surface area (Å²) in [5.74, 6) is -0.202. The van der Waals surface area contributed by atoms with E-state index in [2.05, 4.69) is 19.7 Å². The molecule has 0 spiro atoms. The van der Waals surface area contributed by atoms with E-state index in [9.17, 15) is 27.6 Å². The second-order valence-corrected chi connectivity index (χ2v) is 11.3. The van der Waals surface area contributed by atoms with Crippen molar-refractivity contribution in [3.63, 3.8) is 0 Å². The molecule has 0 saturated carbocycles. The first-order chi connectivity index (χ1) is 24.5. The molecule has 5 rings (SSSR count). The van der Waals surface area contributed by atoms with Gasteiger partial charge in [-0.1, -0.05) is 30.3 Å². The zero-order valence-corrected chi connectivity index (χ0v) is 27.8. The Labute approximate surface area is 291 Å². The van der Waals surface area contributed by atoms with Crippen LogP contribution in [0.3, 0.4) is 0 Å². The fourth-order valence-electron chi connectivity index (χ4n) is 5.47. The van der Waals surface area contributed by atoms with Gasteiger partial charge in [0.15, 0.2) is 5.69 Å². The molecule has 270 valence electrons. The Morgan fingerprint density at radius 2 is 1.59 bits per heavy atom. The summed E-state index contributed by atoms with van der Waals surface area (Å²) in [7, 11) is 1.22. The molecule has 2 amide bonds. The molecule has 1 N–H and O–H groups in total. The summed E-state index contributed by atoms with van der Waals surface area (Å²) in [6.07, 6.45) is 2.38. The maximum Gasteiger partial charge on any atom is 0.416 e. The van der Waals surface area contributed by atoms with Crippen molar-refractivity contribution in [2.75, 3.05) is 39.9 Å². The van der Waals surface area contributed by atoms with E-state index < -0.39 is 35.9 Å². The van der Waals surface area contributed by atoms with Gasteiger partial charge in [0.2, 0.25) is 5.91 Å². The molecule has 51 heavy (non-hydrogen) atoms. The van der Waals surface area contributed by atoms with Crippen molar-refractivity contribution in [1.82, 2.24) is 29.3 Å². The number of aromatic nitrogens is 4. The van der Waals surface area contributed by atoms with E-state index in [-0.39, 0.29) is 43.1 Å². The summed E-state index contributed by atoms with van der Waals surface area (Å²) in [6, 6.07) is 12.5. The van der Waals surface area contributed by atoms with Crippen LogP contribution in [-0.4, -0.2) is 98.6 Å². The van der Waals surface area contributed by atoms with Crippen LogP contribution in [0.25, 0.3) is 11.4 Å². The molecule has 3 heterocycles. The number of nitrogens with zero attached hydrogens (tertiary/aromatic N) is 6. The minimum atomic E-state index is -4.58. The second kappa shape index (κ2) is 18.3. The van der Waals surface area contributed by atoms with Crippen molar-refractivity contribution in [2.45, 2.75) is 38.4 Å². The van der Waals surface area contributed by atoms with Crippen LogP contribution < -0.4 is 4.74 Å². The molecule has 1 aliphatic rings. The van der Waals surface area contributed by atoms with Crippen molar-refractivity contribution < 1.29 is 46.9 Å². The van der Waals surface area contributed by atoms with E-state index in [0.717, 1.165) is 11.6 Å². The molecule has 4 aromatic rings. The molecule has 2 bridgehead atoms. The molecule has 0 aliphatic carbocycles. The number of carbonyl (C=O) groups excluding carboxylic acids is 3. The van der Waals surface area contributed by atoms with Gasteiger partial charge >= 0.3 is 12.1 Å². The number of hydrogen-bond donors (Lipinski definition) is 1. The lowest BCUT2D eigenvalue weighted by Crippen LogP contribution is -2.37. The van der Waals surface area contributed by atoms with E-state index in [1.54, 1.807) is 16.0 Å². The lowest BCUT2D eigenvalue weighted by atomic mass is 10.0. The number of amides is 2. The largest absolute Gasteiger partial charge is 0.494 e. The first-order valence-corrected chi connectivity index (χ1v) is 16.0. The number of hydrogen-bond acceptors (Lipinski definition) is 9. The third-order valence-electron chi connectivity index (χ3n) is 7.94. The van der Waals surface area contributed by atoms with Crippen molar-refractivity contribution in [2.24, 2.45) is 0 Å². The third kappa shape index (κ3) is 10.6. The Hall–Kier alpha value is -5.80. The highest BCUT2D eigenvalue weighted by Gasteiger charge is 2.33. The van der Waals surface area contributed by atoms with Crippen LogP contribution >= 0.6 is 0 Å². The van der Waals surface area contributed by atoms with Gasteiger partial charge in [0, 0.05) is 50.7 Å². The highest BCUT2D eigenvalue weighted by Crippen LogP contribution is 2.32. The molecule has 16 heteroatoms. The highest BCUT2D eigenvalue weighted by atomic mass is 19.4. The standard InChI is InChI=1S/C34H35F3N6O5.CH2O2/c1-47-33(46)29-23-39-28(22-40-29)32(45)43-14-5-4-13-41(30(44)21-24-8-2-3-11-27(24)34(35,36)37)15-7-19-48-26-10-6-9-25(20-26)31-38-12-16-42(31)17-18-43;2-1-3/h2-3,6,8-12,16,20,22-23H,4-5,7,13-15,17-19,21H2,1H3;1H,(H,2,3). The highest BCUT2D eigenvalue weighted by molar-refractivity contribution is 5.93. The van der Waals surface area contributed by atoms with Gasteiger partial charge in [-0.15, -0.1) is 0 Å². The van der Waals surface area contributed by atoms with Crippen LogP contribution in [0.15, 0.2) is 73.3 Å². The average molecular weight is 711 g/mol. The predicted molar refractivity (Wildman–Crippen MR) is 177 cm³/mol. The fourth-order valence-corrected chi connectivity index (χ4v) is 5.47. The Kier molecular flexibility index (Phi) is 13.6. The molecule has 0 fully saturated rings. The number of ether oxygens (including phenoxy) is 2. The minimum absolute atomic E-state index is 0.0326. The monoisotopic (exact) mass is 710 g/mol. The van der Waals surface area contributed by atoms with Gasteiger partial charge in [-0.2, -0.15) is 13.2 Å². The number of carbonyl (C=O) groups is 4. The number of alkyl halides is 3. The van der Waals surface area contributed by atoms with Crippen molar-refractivity contribution >= 4 is 24.3 Å². The molecular formula is C35H37F3N6O7. The summed E-state index contributed by atoms with van der Waals surface area (Å²) in [5, 5.41) is 6.89. The number of imidazole rings is 1. The van der Waals surface area contributed by atoms with Crippen molar-refractivity contribution in [3.8, 4) is 17.1 Å². The Morgan fingerprint density at radius 3 is 2.29 bits per heavy atom. The summed E-state index contributed by atoms with van der Waals surface area (Å²) >= 11 is 0. The fraction of sp³-hybridized carbons (Fsp3) is 0.343. The molecule has 0 radical (unpaired) electrons. The van der Waals surface area contributed by atoms with Crippen LogP contribution in [-0.2, 0) is 33.5 Å². The van der Waals surface area contributed by atoms with Crippen LogP contribution in [0.4, 0.5) is 13.2 Å². The summed E-state index contributed by atoms with van der Waals surface area (Å²) in [6.45, 7) is 1.60. The lowest BCUT2D eigenvalue weighted by molar-refractivity contribution is -0.138. The quantitative estimate of drug-likeness (QED) is 0.234. The predicted octanol–water partition coefficient (Wildman–Crippen LogP) is 4.62. The van der Waals surface area contributed by atoms with Crippen LogP contribution in [0.2, 0.25) is 0 Å². The summed E-state index contributed by atoms with van der Waals surface area (Å²) in [5.41, 5.74) is -0.0905. The van der Waals surface area contributed by atoms with Gasteiger partial charge in [0.1, 0.15) is 17.3 Å². The zero-order valence-electron chi connectivity index (χ0n) is 27.8. The third-order valence-corrected chi connectivity index (χ3v) is 7.94. The SMILES string of the molecule is COC(=O)c1cnc(C(=O)N2CCCCN(C(=O)Cc3ccccc3C(F)(F)F)CCCOc3cccc(c3)-c3nccn3CC2)cn1.O=CO. The van der Waals surface area contributed by atoms with Gasteiger partial charge in [-0.3, -0.25) is 14.4 Å². The Morgan fingerprint density at radius 1 is 0.902 bits per heavy atom. The minimum Gasteiger partial charge on any atom is -0.494 e. The van der Waals surface area contributed by atoms with E-state index in [1.807, 2.05) is 35.0 Å². The summed E-state index contributed by atoms with van der Waals surface area (Å²) in [4.78, 5) is 63.1. The van der Waals surface area contributed by atoms with Crippen LogP contribution in [0.5, 0.6) is 5.75 Å². The van der Waals surface area contributed by atoms with Gasteiger partial charge < -0.3 is 28.9 Å². The molecule has 2 aromatic heterocycles. The number of carboxylic acid groups (broad SMARTS) is 1. The summed E-state index contributed by atoms with van der Waals surface area (Å²) < 4.78 is 53.5. The molecule has 1 aliphatic heterocycles. The number of rotatable bonds is 4. The molecule has 0 saturated heterocycles. The first kappa shape index (κ1) is 38.0. The lowest BCUT2D eigenvalue weighted by Gasteiger charge is -2.26. The van der Waals surface area contributed by atoms with E-state index in [4.69, 9.17) is 14.6 Å². The molecule has 2 aromatic carbocycles. The van der Waals surface area contributed by atoms with E-state index in [1.165, 1.54) is 37.7 Å². The molecule has 0 atom stereocenters. The van der Waals surface area contributed by atoms with Crippen molar-refractivity contribution in [1.29, 1.82) is 0 Å². The number of fused-ring (bicyclic) bond motifs is 4. The molecule has 13 nitrogen and oxygen atoms in total. The topological polar surface area (TPSA) is 157 Å². The maximum atomic E-state index is 13.6. The Bertz CT molecular complexity index is 1780. The van der Waals surface area contributed by atoms with Gasteiger partial charge in [0.05, 0.1) is 38.1 Å². The van der Waals surface area contributed by atoms with Gasteiger partial charge in [-0.25, -0.2) is 19.7 Å². The second-order valence-electron chi connectivity index (χ2n) is 11.3. The van der Waals surface area contributed by atoms with Crippen LogP contribution in [0.1, 0.15) is 51.4 Å². The van der Waals surface area contributed by atoms with Crippen molar-refractivity contribution in [3.05, 3.63) is 95.8 Å². The average Bonchev–Trinajstić information content (AvgIpc) is 3.60. The van der Waals surface area contributed by atoms with E-state index in [0.29, 0.717) is 50.5 Å². The number of methoxy groups -OCH3 is 1. The zero-order chi connectivity index (χ0) is 36.8. The smallest absolute Gasteiger partial charge is 0.416 e. The number of esters is 1. The molecule has 0 unspecified atom stereocenters. The van der Waals surface area contributed by atoms with Gasteiger partial charge in [-0.05, 0) is 43.0 Å². The Balaban J connectivity index is 0.00000188. The number of halogens is 3. The van der Waals surface area contributed by atoms with E-state index >= 15 is 0 Å².